The lowest BCUT2D eigenvalue weighted by molar-refractivity contribution is 0.0954. The summed E-state index contributed by atoms with van der Waals surface area (Å²) >= 11 is 0. The average molecular weight is 328 g/mol. The number of phenolic OH excluding ortho intramolecular Hbond substituents is 1. The van der Waals surface area contributed by atoms with Gasteiger partial charge in [-0.2, -0.15) is 5.10 Å². The number of hydrazone groups is 1. The van der Waals surface area contributed by atoms with Gasteiger partial charge >= 0.3 is 0 Å². The van der Waals surface area contributed by atoms with Crippen LogP contribution in [0.25, 0.3) is 0 Å². The van der Waals surface area contributed by atoms with E-state index in [0.717, 1.165) is 5.56 Å². The van der Waals surface area contributed by atoms with Crippen molar-refractivity contribution in [1.82, 2.24) is 5.43 Å². The molecule has 2 aromatic carbocycles. The monoisotopic (exact) mass is 328 g/mol. The molecule has 0 aromatic heterocycles. The fourth-order valence-corrected chi connectivity index (χ4v) is 2.30. The number of nitrogens with one attached hydrogen (secondary N) is 1. The maximum absolute atomic E-state index is 12.2. The van der Waals surface area contributed by atoms with Crippen LogP contribution in [-0.2, 0) is 0 Å². The van der Waals surface area contributed by atoms with Crippen LogP contribution in [0.4, 0.5) is 0 Å². The zero-order valence-corrected chi connectivity index (χ0v) is 14.1. The van der Waals surface area contributed by atoms with E-state index in [0.29, 0.717) is 28.3 Å². The largest absolute Gasteiger partial charge is 0.507 e. The number of methoxy groups -OCH3 is 2. The number of carbonyl (C=O) groups excluding carboxylic acids is 1. The second kappa shape index (κ2) is 7.50. The number of ether oxygens (including phenoxy) is 2. The minimum Gasteiger partial charge on any atom is -0.507 e. The Balaban J connectivity index is 2.28. The van der Waals surface area contributed by atoms with Crippen molar-refractivity contribution in [2.24, 2.45) is 5.10 Å². The minimum atomic E-state index is -0.320. The summed E-state index contributed by atoms with van der Waals surface area (Å²) in [6.07, 6.45) is 0. The number of carbonyl (C=O) groups is 1. The van der Waals surface area contributed by atoms with Crippen LogP contribution < -0.4 is 14.9 Å². The van der Waals surface area contributed by atoms with Gasteiger partial charge in [0.2, 0.25) is 0 Å². The van der Waals surface area contributed by atoms with Gasteiger partial charge in [-0.1, -0.05) is 18.2 Å². The van der Waals surface area contributed by atoms with Gasteiger partial charge in [0.15, 0.2) is 0 Å². The highest BCUT2D eigenvalue weighted by Gasteiger charge is 2.15. The van der Waals surface area contributed by atoms with Crippen LogP contribution >= 0.6 is 0 Å². The molecular weight excluding hydrogens is 308 g/mol. The molecule has 0 aliphatic heterocycles. The molecule has 0 heterocycles. The fraction of sp³-hybridized carbons (Fsp3) is 0.222. The van der Waals surface area contributed by atoms with Crippen LogP contribution in [0.2, 0.25) is 0 Å². The molecule has 0 unspecified atom stereocenters. The lowest BCUT2D eigenvalue weighted by Crippen LogP contribution is -2.20. The number of phenols is 1. The zero-order chi connectivity index (χ0) is 17.7. The Morgan fingerprint density at radius 3 is 2.50 bits per heavy atom. The summed E-state index contributed by atoms with van der Waals surface area (Å²) in [6, 6.07) is 10.3. The normalized spacial score (nSPS) is 11.1. The molecular formula is C18H20N2O4. The van der Waals surface area contributed by atoms with Gasteiger partial charge in [0, 0.05) is 17.7 Å². The number of benzene rings is 2. The first-order valence-corrected chi connectivity index (χ1v) is 7.33. The number of hydrogen-bond donors (Lipinski definition) is 2. The topological polar surface area (TPSA) is 80.2 Å². The fourth-order valence-electron chi connectivity index (χ4n) is 2.30. The third-order valence-corrected chi connectivity index (χ3v) is 3.59. The van der Waals surface area contributed by atoms with Gasteiger partial charge in [-0.15, -0.1) is 0 Å². The molecule has 0 spiro atoms. The molecule has 0 saturated heterocycles. The SMILES string of the molecule is COc1cc(O)c(C(C)=NNC(=O)c2ccccc2C)c(OC)c1. The summed E-state index contributed by atoms with van der Waals surface area (Å²) in [4.78, 5) is 12.2. The van der Waals surface area contributed by atoms with E-state index >= 15 is 0 Å². The molecule has 24 heavy (non-hydrogen) atoms. The molecule has 0 radical (unpaired) electrons. The standard InChI is InChI=1S/C18H20N2O4/c1-11-7-5-6-8-14(11)18(22)20-19-12(2)17-15(21)9-13(23-3)10-16(17)24-4/h5-10,21H,1-4H3,(H,20,22). The highest BCUT2D eigenvalue weighted by Crippen LogP contribution is 2.33. The number of aryl methyl sites for hydroxylation is 1. The van der Waals surface area contributed by atoms with E-state index in [-0.39, 0.29) is 11.7 Å². The molecule has 1 amide bonds. The molecule has 2 N–H and O–H groups in total. The van der Waals surface area contributed by atoms with Gasteiger partial charge in [-0.05, 0) is 25.5 Å². The summed E-state index contributed by atoms with van der Waals surface area (Å²) in [5, 5.41) is 14.3. The summed E-state index contributed by atoms with van der Waals surface area (Å²) in [7, 11) is 2.98. The number of nitrogens with zero attached hydrogens (tertiary/aromatic N) is 1. The maximum Gasteiger partial charge on any atom is 0.271 e. The van der Waals surface area contributed by atoms with Crippen molar-refractivity contribution >= 4 is 11.6 Å². The third kappa shape index (κ3) is 3.65. The summed E-state index contributed by atoms with van der Waals surface area (Å²) in [5.41, 5.74) is 4.70. The van der Waals surface area contributed by atoms with Gasteiger partial charge in [0.05, 0.1) is 25.5 Å². The maximum atomic E-state index is 12.2. The first kappa shape index (κ1) is 17.3. The van der Waals surface area contributed by atoms with Crippen molar-refractivity contribution < 1.29 is 19.4 Å². The Labute approximate surface area is 140 Å². The van der Waals surface area contributed by atoms with Crippen LogP contribution in [0.5, 0.6) is 17.2 Å². The molecule has 126 valence electrons. The smallest absolute Gasteiger partial charge is 0.271 e. The lowest BCUT2D eigenvalue weighted by Gasteiger charge is -2.12. The second-order valence-electron chi connectivity index (χ2n) is 5.18. The van der Waals surface area contributed by atoms with E-state index in [4.69, 9.17) is 9.47 Å². The van der Waals surface area contributed by atoms with Crippen molar-refractivity contribution in [2.45, 2.75) is 13.8 Å². The molecule has 0 fully saturated rings. The Morgan fingerprint density at radius 1 is 1.17 bits per heavy atom. The van der Waals surface area contributed by atoms with Gasteiger partial charge in [0.25, 0.3) is 5.91 Å². The first-order chi connectivity index (χ1) is 11.5. The number of hydrogen-bond acceptors (Lipinski definition) is 5. The average Bonchev–Trinajstić information content (AvgIpc) is 2.58. The predicted octanol–water partition coefficient (Wildman–Crippen LogP) is 2.87. The van der Waals surface area contributed by atoms with Crippen molar-refractivity contribution in [1.29, 1.82) is 0 Å². The lowest BCUT2D eigenvalue weighted by atomic mass is 10.1. The number of amides is 1. The molecule has 0 aliphatic rings. The van der Waals surface area contributed by atoms with Crippen molar-refractivity contribution in [3.8, 4) is 17.2 Å². The van der Waals surface area contributed by atoms with Crippen molar-refractivity contribution in [2.75, 3.05) is 14.2 Å². The van der Waals surface area contributed by atoms with Crippen molar-refractivity contribution in [3.05, 3.63) is 53.1 Å². The van der Waals surface area contributed by atoms with E-state index in [9.17, 15) is 9.90 Å². The first-order valence-electron chi connectivity index (χ1n) is 7.33. The Bertz CT molecular complexity index is 785. The Hall–Kier alpha value is -3.02. The summed E-state index contributed by atoms with van der Waals surface area (Å²) in [5.74, 6) is 0.500. The Morgan fingerprint density at radius 2 is 1.88 bits per heavy atom. The highest BCUT2D eigenvalue weighted by atomic mass is 16.5. The van der Waals surface area contributed by atoms with E-state index in [1.807, 2.05) is 19.1 Å². The molecule has 2 aromatic rings. The Kier molecular flexibility index (Phi) is 5.42. The molecule has 2 rings (SSSR count). The summed E-state index contributed by atoms with van der Waals surface area (Å²) in [6.45, 7) is 3.52. The van der Waals surface area contributed by atoms with E-state index in [1.165, 1.54) is 20.3 Å². The predicted molar refractivity (Wildman–Crippen MR) is 92.1 cm³/mol. The molecule has 0 saturated carbocycles. The second-order valence-corrected chi connectivity index (χ2v) is 5.18. The highest BCUT2D eigenvalue weighted by molar-refractivity contribution is 6.05. The molecule has 0 bridgehead atoms. The molecule has 6 heteroatoms. The quantitative estimate of drug-likeness (QED) is 0.653. The van der Waals surface area contributed by atoms with E-state index < -0.39 is 0 Å². The summed E-state index contributed by atoms with van der Waals surface area (Å²) < 4.78 is 10.4. The van der Waals surface area contributed by atoms with Gasteiger partial charge < -0.3 is 14.6 Å². The van der Waals surface area contributed by atoms with E-state index in [1.54, 1.807) is 25.1 Å². The zero-order valence-electron chi connectivity index (χ0n) is 14.1. The molecule has 0 aliphatic carbocycles. The van der Waals surface area contributed by atoms with Crippen LogP contribution in [0.15, 0.2) is 41.5 Å². The number of aromatic hydroxyl groups is 1. The minimum absolute atomic E-state index is 0.0439. The molecule has 6 nitrogen and oxygen atoms in total. The van der Waals surface area contributed by atoms with Crippen LogP contribution in [0.1, 0.15) is 28.4 Å². The van der Waals surface area contributed by atoms with Gasteiger partial charge in [0.1, 0.15) is 17.2 Å². The number of rotatable bonds is 5. The van der Waals surface area contributed by atoms with Crippen LogP contribution in [0.3, 0.4) is 0 Å². The van der Waals surface area contributed by atoms with E-state index in [2.05, 4.69) is 10.5 Å². The van der Waals surface area contributed by atoms with Crippen molar-refractivity contribution in [3.63, 3.8) is 0 Å². The molecule has 0 atom stereocenters. The van der Waals surface area contributed by atoms with Crippen LogP contribution in [-0.4, -0.2) is 30.9 Å². The van der Waals surface area contributed by atoms with Crippen LogP contribution in [0, 0.1) is 6.92 Å². The third-order valence-electron chi connectivity index (χ3n) is 3.59. The van der Waals surface area contributed by atoms with Gasteiger partial charge in [-0.25, -0.2) is 5.43 Å². The van der Waals surface area contributed by atoms with Gasteiger partial charge in [-0.3, -0.25) is 4.79 Å².